The largest absolute Gasteiger partial charge is 0.305 e. The fraction of sp³-hybridized carbons (Fsp3) is 1.00. The van der Waals surface area contributed by atoms with E-state index in [2.05, 4.69) is 24.5 Å². The summed E-state index contributed by atoms with van der Waals surface area (Å²) in [7, 11) is 2.01. The van der Waals surface area contributed by atoms with Gasteiger partial charge in [0.25, 0.3) is 0 Å². The van der Waals surface area contributed by atoms with Crippen molar-refractivity contribution in [1.29, 1.82) is 0 Å². The molecule has 0 saturated carbocycles. The minimum absolute atomic E-state index is 0.520. The van der Waals surface area contributed by atoms with Crippen LogP contribution in [-0.4, -0.2) is 19.8 Å². The van der Waals surface area contributed by atoms with Crippen LogP contribution in [0.5, 0.6) is 0 Å². The second kappa shape index (κ2) is 8.02. The van der Waals surface area contributed by atoms with Crippen LogP contribution in [0.4, 0.5) is 0 Å². The van der Waals surface area contributed by atoms with Crippen molar-refractivity contribution in [3.63, 3.8) is 0 Å². The Morgan fingerprint density at radius 2 is 1.91 bits per heavy atom. The molecule has 0 aliphatic heterocycles. The molecule has 0 amide bonds. The number of hydrogen-bond donors (Lipinski definition) is 2. The van der Waals surface area contributed by atoms with Gasteiger partial charge in [0.15, 0.2) is 0 Å². The highest BCUT2D eigenvalue weighted by atomic mass is 15.1. The Hall–Kier alpha value is -0.0800. The molecule has 0 aliphatic rings. The molecule has 0 fully saturated rings. The average Bonchev–Trinajstić information content (AvgIpc) is 2.03. The van der Waals surface area contributed by atoms with Gasteiger partial charge in [0.1, 0.15) is 0 Å². The zero-order valence-corrected chi connectivity index (χ0v) is 8.11. The predicted octanol–water partition coefficient (Wildman–Crippen LogP) is 1.72. The molecule has 68 valence electrons. The van der Waals surface area contributed by atoms with Crippen LogP contribution in [-0.2, 0) is 0 Å². The molecule has 0 heterocycles. The summed E-state index contributed by atoms with van der Waals surface area (Å²) >= 11 is 0. The van der Waals surface area contributed by atoms with Gasteiger partial charge in [-0.2, -0.15) is 0 Å². The molecule has 1 unspecified atom stereocenters. The van der Waals surface area contributed by atoms with Crippen molar-refractivity contribution in [2.45, 2.75) is 45.7 Å². The van der Waals surface area contributed by atoms with Crippen molar-refractivity contribution in [2.24, 2.45) is 0 Å². The zero-order chi connectivity index (χ0) is 8.53. The second-order valence-electron chi connectivity index (χ2n) is 2.89. The topological polar surface area (TPSA) is 24.1 Å². The minimum Gasteiger partial charge on any atom is -0.305 e. The summed E-state index contributed by atoms with van der Waals surface area (Å²) in [5, 5.41) is 6.63. The average molecular weight is 158 g/mol. The summed E-state index contributed by atoms with van der Waals surface area (Å²) in [6.07, 6.45) is 5.76. The Labute approximate surface area is 70.8 Å². The second-order valence-corrected chi connectivity index (χ2v) is 2.89. The summed E-state index contributed by atoms with van der Waals surface area (Å²) in [6, 6.07) is 0. The molecule has 2 N–H and O–H groups in total. The lowest BCUT2D eigenvalue weighted by Gasteiger charge is -2.16. The van der Waals surface area contributed by atoms with Gasteiger partial charge in [0.05, 0.1) is 6.17 Å². The van der Waals surface area contributed by atoms with Gasteiger partial charge in [-0.3, -0.25) is 0 Å². The summed E-state index contributed by atoms with van der Waals surface area (Å²) in [6.45, 7) is 5.43. The third-order valence-corrected chi connectivity index (χ3v) is 1.90. The monoisotopic (exact) mass is 158 g/mol. The highest BCUT2D eigenvalue weighted by Crippen LogP contribution is 2.00. The van der Waals surface area contributed by atoms with Crippen molar-refractivity contribution in [2.75, 3.05) is 13.6 Å². The lowest BCUT2D eigenvalue weighted by Crippen LogP contribution is -2.39. The van der Waals surface area contributed by atoms with Crippen LogP contribution in [0.2, 0.25) is 0 Å². The summed E-state index contributed by atoms with van der Waals surface area (Å²) in [5.41, 5.74) is 0. The van der Waals surface area contributed by atoms with Crippen LogP contribution in [0, 0.1) is 0 Å². The standard InChI is InChI=1S/C9H22N2/c1-4-6-7-8-9(10-3)11-5-2/h9-11H,4-8H2,1-3H3. The normalized spacial score (nSPS) is 13.4. The molecule has 0 aromatic heterocycles. The van der Waals surface area contributed by atoms with Gasteiger partial charge >= 0.3 is 0 Å². The molecular formula is C9H22N2. The third kappa shape index (κ3) is 6.32. The van der Waals surface area contributed by atoms with Crippen LogP contribution < -0.4 is 10.6 Å². The Balaban J connectivity index is 3.20. The predicted molar refractivity (Wildman–Crippen MR) is 50.7 cm³/mol. The molecule has 0 aromatic carbocycles. The van der Waals surface area contributed by atoms with Crippen molar-refractivity contribution < 1.29 is 0 Å². The lowest BCUT2D eigenvalue weighted by molar-refractivity contribution is 0.421. The number of hydrogen-bond acceptors (Lipinski definition) is 2. The van der Waals surface area contributed by atoms with E-state index in [0.29, 0.717) is 6.17 Å². The fourth-order valence-electron chi connectivity index (χ4n) is 1.19. The van der Waals surface area contributed by atoms with E-state index in [9.17, 15) is 0 Å². The van der Waals surface area contributed by atoms with E-state index in [1.807, 2.05) is 7.05 Å². The quantitative estimate of drug-likeness (QED) is 0.435. The Morgan fingerprint density at radius 1 is 1.18 bits per heavy atom. The molecule has 0 aliphatic carbocycles. The number of unbranched alkanes of at least 4 members (excludes halogenated alkanes) is 2. The smallest absolute Gasteiger partial charge is 0.0569 e. The van der Waals surface area contributed by atoms with Gasteiger partial charge in [0.2, 0.25) is 0 Å². The van der Waals surface area contributed by atoms with E-state index in [4.69, 9.17) is 0 Å². The SMILES string of the molecule is CCCCCC(NC)NCC. The van der Waals surface area contributed by atoms with Crippen LogP contribution in [0.15, 0.2) is 0 Å². The Kier molecular flexibility index (Phi) is 7.96. The van der Waals surface area contributed by atoms with Crippen molar-refractivity contribution in [3.8, 4) is 0 Å². The molecule has 1 atom stereocenters. The lowest BCUT2D eigenvalue weighted by atomic mass is 10.2. The maximum Gasteiger partial charge on any atom is 0.0569 e. The molecule has 2 nitrogen and oxygen atoms in total. The highest BCUT2D eigenvalue weighted by molar-refractivity contribution is 4.59. The first-order valence-electron chi connectivity index (χ1n) is 4.75. The maximum atomic E-state index is 3.38. The molecule has 11 heavy (non-hydrogen) atoms. The molecule has 2 heteroatoms. The molecule has 0 spiro atoms. The van der Waals surface area contributed by atoms with E-state index in [1.165, 1.54) is 25.7 Å². The molecule has 0 bridgehead atoms. The first-order valence-corrected chi connectivity index (χ1v) is 4.75. The Morgan fingerprint density at radius 3 is 2.36 bits per heavy atom. The molecule has 0 rings (SSSR count). The first kappa shape index (κ1) is 10.9. The highest BCUT2D eigenvalue weighted by Gasteiger charge is 2.01. The summed E-state index contributed by atoms with van der Waals surface area (Å²) in [5.74, 6) is 0. The summed E-state index contributed by atoms with van der Waals surface area (Å²) in [4.78, 5) is 0. The van der Waals surface area contributed by atoms with Gasteiger partial charge in [-0.1, -0.05) is 33.1 Å². The number of rotatable bonds is 7. The third-order valence-electron chi connectivity index (χ3n) is 1.90. The molecule has 0 aromatic rings. The van der Waals surface area contributed by atoms with E-state index < -0.39 is 0 Å². The maximum absolute atomic E-state index is 3.38. The van der Waals surface area contributed by atoms with E-state index in [1.54, 1.807) is 0 Å². The van der Waals surface area contributed by atoms with Crippen molar-refractivity contribution >= 4 is 0 Å². The van der Waals surface area contributed by atoms with E-state index in [-0.39, 0.29) is 0 Å². The van der Waals surface area contributed by atoms with Gasteiger partial charge in [-0.15, -0.1) is 0 Å². The molecular weight excluding hydrogens is 136 g/mol. The van der Waals surface area contributed by atoms with Crippen LogP contribution in [0.3, 0.4) is 0 Å². The first-order chi connectivity index (χ1) is 5.35. The molecule has 0 saturated heterocycles. The van der Waals surface area contributed by atoms with Crippen LogP contribution in [0.25, 0.3) is 0 Å². The van der Waals surface area contributed by atoms with E-state index >= 15 is 0 Å². The van der Waals surface area contributed by atoms with Crippen LogP contribution >= 0.6 is 0 Å². The van der Waals surface area contributed by atoms with Gasteiger partial charge in [-0.25, -0.2) is 0 Å². The fourth-order valence-corrected chi connectivity index (χ4v) is 1.19. The van der Waals surface area contributed by atoms with Crippen LogP contribution in [0.1, 0.15) is 39.5 Å². The Bertz CT molecular complexity index is 74.0. The number of nitrogens with one attached hydrogen (secondary N) is 2. The van der Waals surface area contributed by atoms with Crippen molar-refractivity contribution in [1.82, 2.24) is 10.6 Å². The zero-order valence-electron chi connectivity index (χ0n) is 8.11. The summed E-state index contributed by atoms with van der Waals surface area (Å²) < 4.78 is 0. The minimum atomic E-state index is 0.520. The van der Waals surface area contributed by atoms with Gasteiger partial charge < -0.3 is 10.6 Å². The van der Waals surface area contributed by atoms with Gasteiger partial charge in [-0.05, 0) is 20.0 Å². The van der Waals surface area contributed by atoms with Gasteiger partial charge in [0, 0.05) is 0 Å². The van der Waals surface area contributed by atoms with E-state index in [0.717, 1.165) is 6.54 Å². The molecule has 0 radical (unpaired) electrons. The van der Waals surface area contributed by atoms with Crippen molar-refractivity contribution in [3.05, 3.63) is 0 Å².